The first-order valence-electron chi connectivity index (χ1n) is 5.19. The quantitative estimate of drug-likeness (QED) is 0.790. The molecule has 2 aromatic rings. The highest BCUT2D eigenvalue weighted by Gasteiger charge is 2.29. The molecule has 3 N–H and O–H groups in total. The van der Waals surface area contributed by atoms with E-state index in [9.17, 15) is 0 Å². The molecule has 1 aliphatic rings. The number of fused-ring (bicyclic) bond motifs is 1. The average Bonchev–Trinajstić information content (AvgIpc) is 2.27. The third-order valence-corrected chi connectivity index (χ3v) is 2.94. The molecule has 0 amide bonds. The molecule has 16 heavy (non-hydrogen) atoms. The van der Waals surface area contributed by atoms with Gasteiger partial charge in [0, 0.05) is 18.0 Å². The summed E-state index contributed by atoms with van der Waals surface area (Å²) in [6.45, 7) is 0.888. The Morgan fingerprint density at radius 1 is 1.19 bits per heavy atom. The zero-order valence-electron chi connectivity index (χ0n) is 8.76. The molecular weight excluding hydrogens is 222 g/mol. The van der Waals surface area contributed by atoms with Crippen LogP contribution in [0.2, 0.25) is 0 Å². The van der Waals surface area contributed by atoms with Crippen LogP contribution in [0.3, 0.4) is 0 Å². The minimum absolute atomic E-state index is 0. The lowest BCUT2D eigenvalue weighted by molar-refractivity contribution is 0.313. The molecule has 1 saturated heterocycles. The van der Waals surface area contributed by atoms with Gasteiger partial charge in [-0.25, -0.2) is 0 Å². The van der Waals surface area contributed by atoms with Crippen LogP contribution in [0.1, 0.15) is 11.7 Å². The number of nitrogens with two attached hydrogens (primary N) is 1. The van der Waals surface area contributed by atoms with Gasteiger partial charge in [-0.05, 0) is 12.1 Å². The maximum Gasteiger partial charge on any atom is 0.0706 e. The molecule has 2 heterocycles. The highest BCUT2D eigenvalue weighted by Crippen LogP contribution is 2.22. The predicted molar refractivity (Wildman–Crippen MR) is 67.7 cm³/mol. The molecule has 0 bridgehead atoms. The van der Waals surface area contributed by atoms with E-state index in [1.54, 1.807) is 0 Å². The number of nitrogens with one attached hydrogen (secondary N) is 1. The van der Waals surface area contributed by atoms with Crippen molar-refractivity contribution >= 4 is 23.3 Å². The standard InChI is InChI=1S/C12H13N3.ClH/c13-9-7-14-12(9)11-6-5-8-3-1-2-4-10(8)15-11;/h1-6,9,12,14H,7,13H2;1H. The Hall–Kier alpha value is -1.16. The van der Waals surface area contributed by atoms with Crippen LogP contribution in [0, 0.1) is 0 Å². The van der Waals surface area contributed by atoms with Crippen molar-refractivity contribution in [2.45, 2.75) is 12.1 Å². The van der Waals surface area contributed by atoms with Crippen LogP contribution in [0.25, 0.3) is 10.9 Å². The van der Waals surface area contributed by atoms with Gasteiger partial charge in [-0.2, -0.15) is 0 Å². The van der Waals surface area contributed by atoms with E-state index in [-0.39, 0.29) is 24.5 Å². The second-order valence-corrected chi connectivity index (χ2v) is 3.98. The van der Waals surface area contributed by atoms with Gasteiger partial charge in [-0.1, -0.05) is 24.3 Å². The minimum atomic E-state index is 0. The highest BCUT2D eigenvalue weighted by molar-refractivity contribution is 5.85. The third kappa shape index (κ3) is 1.78. The zero-order valence-corrected chi connectivity index (χ0v) is 9.58. The number of para-hydroxylation sites is 1. The molecular formula is C12H14ClN3. The van der Waals surface area contributed by atoms with Crippen molar-refractivity contribution < 1.29 is 0 Å². The van der Waals surface area contributed by atoms with Crippen LogP contribution in [0.4, 0.5) is 0 Å². The summed E-state index contributed by atoms with van der Waals surface area (Å²) in [7, 11) is 0. The van der Waals surface area contributed by atoms with E-state index in [4.69, 9.17) is 5.73 Å². The van der Waals surface area contributed by atoms with E-state index < -0.39 is 0 Å². The van der Waals surface area contributed by atoms with Crippen molar-refractivity contribution in [3.8, 4) is 0 Å². The Morgan fingerprint density at radius 3 is 2.69 bits per heavy atom. The van der Waals surface area contributed by atoms with E-state index in [0.29, 0.717) is 0 Å². The average molecular weight is 236 g/mol. The third-order valence-electron chi connectivity index (χ3n) is 2.94. The molecule has 0 aliphatic carbocycles. The van der Waals surface area contributed by atoms with Gasteiger partial charge in [0.25, 0.3) is 0 Å². The van der Waals surface area contributed by atoms with Crippen molar-refractivity contribution in [3.63, 3.8) is 0 Å². The van der Waals surface area contributed by atoms with Crippen molar-refractivity contribution in [1.29, 1.82) is 0 Å². The fourth-order valence-corrected chi connectivity index (χ4v) is 1.95. The minimum Gasteiger partial charge on any atom is -0.325 e. The molecule has 1 aromatic heterocycles. The van der Waals surface area contributed by atoms with Gasteiger partial charge in [0.05, 0.1) is 17.3 Å². The van der Waals surface area contributed by atoms with Gasteiger partial charge < -0.3 is 11.1 Å². The monoisotopic (exact) mass is 235 g/mol. The molecule has 1 aromatic carbocycles. The zero-order chi connectivity index (χ0) is 10.3. The highest BCUT2D eigenvalue weighted by atomic mass is 35.5. The second-order valence-electron chi connectivity index (χ2n) is 3.98. The van der Waals surface area contributed by atoms with E-state index in [2.05, 4.69) is 28.5 Å². The molecule has 0 saturated carbocycles. The van der Waals surface area contributed by atoms with Gasteiger partial charge in [-0.15, -0.1) is 12.4 Å². The molecule has 84 valence electrons. The second kappa shape index (κ2) is 4.37. The Morgan fingerprint density at radius 2 is 2.00 bits per heavy atom. The first-order chi connectivity index (χ1) is 7.34. The molecule has 2 atom stereocenters. The maximum atomic E-state index is 5.90. The normalized spacial score (nSPS) is 23.6. The van der Waals surface area contributed by atoms with Crippen LogP contribution >= 0.6 is 12.4 Å². The number of aromatic nitrogens is 1. The SMILES string of the molecule is Cl.NC1CNC1c1ccc2ccccc2n1. The number of halogens is 1. The molecule has 1 fully saturated rings. The van der Waals surface area contributed by atoms with E-state index in [0.717, 1.165) is 17.8 Å². The van der Waals surface area contributed by atoms with Crippen molar-refractivity contribution in [2.24, 2.45) is 5.73 Å². The van der Waals surface area contributed by atoms with Gasteiger partial charge >= 0.3 is 0 Å². The van der Waals surface area contributed by atoms with Crippen LogP contribution in [-0.2, 0) is 0 Å². The number of benzene rings is 1. The first kappa shape index (κ1) is 11.3. The van der Waals surface area contributed by atoms with E-state index in [1.807, 2.05) is 18.2 Å². The van der Waals surface area contributed by atoms with Crippen LogP contribution in [0.15, 0.2) is 36.4 Å². The fraction of sp³-hybridized carbons (Fsp3) is 0.250. The lowest BCUT2D eigenvalue weighted by Crippen LogP contribution is -2.55. The first-order valence-corrected chi connectivity index (χ1v) is 5.19. The van der Waals surface area contributed by atoms with E-state index in [1.165, 1.54) is 5.39 Å². The molecule has 1 aliphatic heterocycles. The summed E-state index contributed by atoms with van der Waals surface area (Å²) in [6.07, 6.45) is 0. The van der Waals surface area contributed by atoms with Gasteiger partial charge in [0.1, 0.15) is 0 Å². The Labute approximate surface area is 100 Å². The largest absolute Gasteiger partial charge is 0.325 e. The molecule has 3 nitrogen and oxygen atoms in total. The topological polar surface area (TPSA) is 50.9 Å². The Bertz CT molecular complexity index is 500. The summed E-state index contributed by atoms with van der Waals surface area (Å²) in [4.78, 5) is 4.61. The smallest absolute Gasteiger partial charge is 0.0706 e. The lowest BCUT2D eigenvalue weighted by atomic mass is 9.97. The number of pyridine rings is 1. The fourth-order valence-electron chi connectivity index (χ4n) is 1.95. The summed E-state index contributed by atoms with van der Waals surface area (Å²) in [5, 5.41) is 4.46. The van der Waals surface area contributed by atoms with Crippen LogP contribution < -0.4 is 11.1 Å². The number of rotatable bonds is 1. The van der Waals surface area contributed by atoms with Crippen molar-refractivity contribution in [2.75, 3.05) is 6.54 Å². The Kier molecular flexibility index (Phi) is 3.10. The summed E-state index contributed by atoms with van der Waals surface area (Å²) in [5.41, 5.74) is 7.98. The van der Waals surface area contributed by atoms with Crippen molar-refractivity contribution in [1.82, 2.24) is 10.3 Å². The number of hydrogen-bond acceptors (Lipinski definition) is 3. The van der Waals surface area contributed by atoms with Crippen molar-refractivity contribution in [3.05, 3.63) is 42.1 Å². The van der Waals surface area contributed by atoms with Crippen LogP contribution in [-0.4, -0.2) is 17.6 Å². The Balaban J connectivity index is 0.000000963. The van der Waals surface area contributed by atoms with Gasteiger partial charge in [0.15, 0.2) is 0 Å². The molecule has 3 rings (SSSR count). The molecule has 0 spiro atoms. The van der Waals surface area contributed by atoms with E-state index >= 15 is 0 Å². The number of hydrogen-bond donors (Lipinski definition) is 2. The summed E-state index contributed by atoms with van der Waals surface area (Å²) in [6, 6.07) is 12.7. The number of nitrogens with zero attached hydrogens (tertiary/aromatic N) is 1. The maximum absolute atomic E-state index is 5.90. The molecule has 0 radical (unpaired) electrons. The summed E-state index contributed by atoms with van der Waals surface area (Å²) in [5.74, 6) is 0. The predicted octanol–water partition coefficient (Wildman–Crippen LogP) is 1.63. The van der Waals surface area contributed by atoms with Gasteiger partial charge in [-0.3, -0.25) is 4.98 Å². The molecule has 2 unspecified atom stereocenters. The summed E-state index contributed by atoms with van der Waals surface area (Å²) >= 11 is 0. The lowest BCUT2D eigenvalue weighted by Gasteiger charge is -2.34. The van der Waals surface area contributed by atoms with Crippen LogP contribution in [0.5, 0.6) is 0 Å². The molecule has 4 heteroatoms. The van der Waals surface area contributed by atoms with Gasteiger partial charge in [0.2, 0.25) is 0 Å². The summed E-state index contributed by atoms with van der Waals surface area (Å²) < 4.78 is 0.